The molecule has 1 saturated carbocycles. The Hall–Kier alpha value is -0.870. The van der Waals surface area contributed by atoms with Gasteiger partial charge in [-0.1, -0.05) is 31.9 Å². The number of carbonyl (C=O) groups is 1. The molecule has 0 spiro atoms. The van der Waals surface area contributed by atoms with E-state index in [2.05, 4.69) is 13.0 Å². The van der Waals surface area contributed by atoms with Crippen molar-refractivity contribution in [2.24, 2.45) is 11.8 Å². The second-order valence-electron chi connectivity index (χ2n) is 4.52. The first-order chi connectivity index (χ1) is 7.73. The third-order valence-corrected chi connectivity index (χ3v) is 3.47. The second-order valence-corrected chi connectivity index (χ2v) is 4.52. The van der Waals surface area contributed by atoms with Crippen molar-refractivity contribution in [3.63, 3.8) is 0 Å². The molecule has 2 fully saturated rings. The van der Waals surface area contributed by atoms with E-state index in [1.165, 1.54) is 19.3 Å². The zero-order valence-corrected chi connectivity index (χ0v) is 9.52. The Labute approximate surface area is 95.2 Å². The number of hydrogen-bond acceptors (Lipinski definition) is 3. The third-order valence-electron chi connectivity index (χ3n) is 3.47. The van der Waals surface area contributed by atoms with E-state index in [0.29, 0.717) is 6.61 Å². The van der Waals surface area contributed by atoms with Gasteiger partial charge in [0.1, 0.15) is 0 Å². The molecule has 16 heavy (non-hydrogen) atoms. The molecule has 1 N–H and O–H groups in total. The minimum absolute atomic E-state index is 0.000349. The number of rotatable bonds is 6. The van der Waals surface area contributed by atoms with Gasteiger partial charge in [0.15, 0.2) is 0 Å². The molecule has 3 atom stereocenters. The topological polar surface area (TPSA) is 55.8 Å². The summed E-state index contributed by atoms with van der Waals surface area (Å²) in [6, 6.07) is 0. The van der Waals surface area contributed by atoms with Crippen LogP contribution in [0.5, 0.6) is 0 Å². The van der Waals surface area contributed by atoms with Crippen LogP contribution in [-0.2, 0) is 14.6 Å². The molecule has 0 aromatic carbocycles. The minimum atomic E-state index is -1.07. The van der Waals surface area contributed by atoms with E-state index < -0.39 is 11.6 Å². The summed E-state index contributed by atoms with van der Waals surface area (Å²) in [6.45, 7) is 2.57. The lowest BCUT2D eigenvalue weighted by Gasteiger charge is -2.06. The number of carboxylic acid groups (broad SMARTS) is 1. The fraction of sp³-hybridized carbons (Fsp3) is 0.750. The summed E-state index contributed by atoms with van der Waals surface area (Å²) in [7, 11) is 0. The van der Waals surface area contributed by atoms with Crippen molar-refractivity contribution >= 4 is 5.97 Å². The Kier molecular flexibility index (Phi) is 3.30. The van der Waals surface area contributed by atoms with E-state index in [1.807, 2.05) is 6.08 Å². The molecular formula is C12H18O4. The van der Waals surface area contributed by atoms with Gasteiger partial charge in [0, 0.05) is 11.8 Å². The molecule has 0 bridgehead atoms. The van der Waals surface area contributed by atoms with Crippen LogP contribution in [0.15, 0.2) is 12.2 Å². The van der Waals surface area contributed by atoms with Crippen molar-refractivity contribution in [2.45, 2.75) is 38.2 Å². The van der Waals surface area contributed by atoms with Crippen molar-refractivity contribution in [1.82, 2.24) is 0 Å². The van der Waals surface area contributed by atoms with E-state index in [9.17, 15) is 4.79 Å². The predicted octanol–water partition coefficient (Wildman–Crippen LogP) is 2.15. The van der Waals surface area contributed by atoms with Gasteiger partial charge in [-0.05, 0) is 12.8 Å². The molecule has 4 heteroatoms. The molecule has 1 aliphatic heterocycles. The second kappa shape index (κ2) is 4.55. The van der Waals surface area contributed by atoms with Gasteiger partial charge in [0.25, 0.3) is 0 Å². The van der Waals surface area contributed by atoms with Crippen molar-refractivity contribution < 1.29 is 19.7 Å². The van der Waals surface area contributed by atoms with Gasteiger partial charge in [-0.3, -0.25) is 0 Å². The zero-order chi connectivity index (χ0) is 11.6. The van der Waals surface area contributed by atoms with Gasteiger partial charge in [0.05, 0.1) is 6.61 Å². The molecule has 1 heterocycles. The maximum Gasteiger partial charge on any atom is 0.340 e. The summed E-state index contributed by atoms with van der Waals surface area (Å²) >= 11 is 0. The van der Waals surface area contributed by atoms with Crippen LogP contribution in [0.25, 0.3) is 0 Å². The van der Waals surface area contributed by atoms with Gasteiger partial charge in [-0.15, -0.1) is 0 Å². The van der Waals surface area contributed by atoms with Crippen LogP contribution in [0.1, 0.15) is 32.6 Å². The number of allylic oxidation sites excluding steroid dienone is 1. The zero-order valence-electron chi connectivity index (χ0n) is 9.52. The van der Waals surface area contributed by atoms with Crippen LogP contribution in [0.4, 0.5) is 0 Å². The minimum Gasteiger partial charge on any atom is -0.479 e. The first-order valence-electron chi connectivity index (χ1n) is 5.94. The molecular weight excluding hydrogens is 208 g/mol. The number of aliphatic carboxylic acids is 1. The summed E-state index contributed by atoms with van der Waals surface area (Å²) in [4.78, 5) is 20.7. The van der Waals surface area contributed by atoms with Gasteiger partial charge >= 0.3 is 5.97 Å². The predicted molar refractivity (Wildman–Crippen MR) is 57.7 cm³/mol. The highest BCUT2D eigenvalue weighted by Gasteiger charge is 2.75. The molecule has 2 rings (SSSR count). The van der Waals surface area contributed by atoms with Gasteiger partial charge in [-0.25, -0.2) is 14.6 Å². The van der Waals surface area contributed by atoms with Crippen molar-refractivity contribution in [3.8, 4) is 0 Å². The molecule has 0 aromatic heterocycles. The first-order valence-corrected chi connectivity index (χ1v) is 5.94. The Balaban J connectivity index is 1.82. The van der Waals surface area contributed by atoms with E-state index in [0.717, 1.165) is 6.42 Å². The summed E-state index contributed by atoms with van der Waals surface area (Å²) in [6.07, 6.45) is 8.68. The Morgan fingerprint density at radius 3 is 3.00 bits per heavy atom. The van der Waals surface area contributed by atoms with Crippen LogP contribution in [0.2, 0.25) is 0 Å². The van der Waals surface area contributed by atoms with Crippen molar-refractivity contribution in [1.29, 1.82) is 0 Å². The summed E-state index contributed by atoms with van der Waals surface area (Å²) in [5.41, 5.74) is -1.07. The van der Waals surface area contributed by atoms with E-state index in [4.69, 9.17) is 14.9 Å². The highest BCUT2D eigenvalue weighted by molar-refractivity contribution is 5.83. The lowest BCUT2D eigenvalue weighted by atomic mass is 10.1. The monoisotopic (exact) mass is 226 g/mol. The van der Waals surface area contributed by atoms with Gasteiger partial charge < -0.3 is 5.11 Å². The average Bonchev–Trinajstić information content (AvgIpc) is 2.69. The molecule has 2 aliphatic rings. The SMILES string of the molecule is CCCCCC=CC1[C@H]2COO[C@]12C(=O)O. The van der Waals surface area contributed by atoms with Crippen LogP contribution in [0, 0.1) is 11.8 Å². The van der Waals surface area contributed by atoms with Crippen LogP contribution < -0.4 is 0 Å². The highest BCUT2D eigenvalue weighted by Crippen LogP contribution is 2.58. The molecule has 1 unspecified atom stereocenters. The Morgan fingerprint density at radius 1 is 1.56 bits per heavy atom. The Bertz CT molecular complexity index is 299. The molecule has 0 amide bonds. The number of hydrogen-bond donors (Lipinski definition) is 1. The largest absolute Gasteiger partial charge is 0.479 e. The molecule has 1 aliphatic carbocycles. The van der Waals surface area contributed by atoms with Crippen LogP contribution in [-0.4, -0.2) is 23.3 Å². The van der Waals surface area contributed by atoms with Gasteiger partial charge in [0.2, 0.25) is 5.60 Å². The normalized spacial score (nSPS) is 36.6. The maximum absolute atomic E-state index is 11.1. The van der Waals surface area contributed by atoms with E-state index in [1.54, 1.807) is 0 Å². The number of carboxylic acids is 1. The third kappa shape index (κ3) is 1.76. The lowest BCUT2D eigenvalue weighted by molar-refractivity contribution is -0.301. The molecule has 0 radical (unpaired) electrons. The van der Waals surface area contributed by atoms with Gasteiger partial charge in [-0.2, -0.15) is 0 Å². The first kappa shape index (κ1) is 11.6. The molecule has 0 aromatic rings. The quantitative estimate of drug-likeness (QED) is 0.428. The number of fused-ring (bicyclic) bond motifs is 1. The summed E-state index contributed by atoms with van der Waals surface area (Å²) in [5.74, 6) is -0.897. The summed E-state index contributed by atoms with van der Waals surface area (Å²) < 4.78 is 0. The summed E-state index contributed by atoms with van der Waals surface area (Å²) in [5, 5.41) is 9.09. The highest BCUT2D eigenvalue weighted by atomic mass is 17.2. The molecule has 90 valence electrons. The fourth-order valence-corrected chi connectivity index (χ4v) is 2.38. The van der Waals surface area contributed by atoms with Crippen molar-refractivity contribution in [2.75, 3.05) is 6.61 Å². The van der Waals surface area contributed by atoms with E-state index in [-0.39, 0.29) is 11.8 Å². The Morgan fingerprint density at radius 2 is 2.38 bits per heavy atom. The fourth-order valence-electron chi connectivity index (χ4n) is 2.38. The maximum atomic E-state index is 11.1. The average molecular weight is 226 g/mol. The smallest absolute Gasteiger partial charge is 0.340 e. The molecule has 1 saturated heterocycles. The molecule has 4 nitrogen and oxygen atoms in total. The number of unbranched alkanes of at least 4 members (excludes halogenated alkanes) is 3. The standard InChI is InChI=1S/C12H18O4/c1-2-3-4-5-6-7-9-10-8-15-16-12(9,10)11(13)14/h6-7,9-10H,2-5,8H2,1H3,(H,13,14)/t9?,10-,12-/m1/s1. The van der Waals surface area contributed by atoms with Crippen LogP contribution >= 0.6 is 0 Å². The van der Waals surface area contributed by atoms with Crippen molar-refractivity contribution in [3.05, 3.63) is 12.2 Å². The van der Waals surface area contributed by atoms with Crippen LogP contribution in [0.3, 0.4) is 0 Å². The van der Waals surface area contributed by atoms with E-state index >= 15 is 0 Å². The lowest BCUT2D eigenvalue weighted by Crippen LogP contribution is -2.26.